The van der Waals surface area contributed by atoms with Gasteiger partial charge in [0.25, 0.3) is 0 Å². The summed E-state index contributed by atoms with van der Waals surface area (Å²) in [5.41, 5.74) is 5.30. The fourth-order valence-corrected chi connectivity index (χ4v) is 3.74. The highest BCUT2D eigenvalue weighted by atomic mass is 16.5. The van der Waals surface area contributed by atoms with E-state index in [1.807, 2.05) is 56.3 Å². The molecule has 0 bridgehead atoms. The molecular formula is C26H22O5. The van der Waals surface area contributed by atoms with Gasteiger partial charge in [0.2, 0.25) is 0 Å². The van der Waals surface area contributed by atoms with Crippen LogP contribution in [0.4, 0.5) is 0 Å². The van der Waals surface area contributed by atoms with Gasteiger partial charge < -0.3 is 14.3 Å². The number of benzene rings is 3. The van der Waals surface area contributed by atoms with E-state index in [9.17, 15) is 9.59 Å². The maximum atomic E-state index is 12.7. The first-order valence-electron chi connectivity index (χ1n) is 9.98. The van der Waals surface area contributed by atoms with Crippen molar-refractivity contribution in [2.24, 2.45) is 0 Å². The third-order valence-corrected chi connectivity index (χ3v) is 5.28. The van der Waals surface area contributed by atoms with Crippen LogP contribution in [0.3, 0.4) is 0 Å². The Morgan fingerprint density at radius 2 is 1.65 bits per heavy atom. The van der Waals surface area contributed by atoms with Crippen molar-refractivity contribution in [3.63, 3.8) is 0 Å². The van der Waals surface area contributed by atoms with Crippen molar-refractivity contribution in [1.29, 1.82) is 0 Å². The molecule has 31 heavy (non-hydrogen) atoms. The van der Waals surface area contributed by atoms with Gasteiger partial charge in [-0.15, -0.1) is 0 Å². The zero-order valence-corrected chi connectivity index (χ0v) is 17.3. The molecule has 5 nitrogen and oxygen atoms in total. The lowest BCUT2D eigenvalue weighted by atomic mass is 9.97. The minimum Gasteiger partial charge on any atom is -0.481 e. The van der Waals surface area contributed by atoms with Crippen molar-refractivity contribution in [3.05, 3.63) is 99.4 Å². The van der Waals surface area contributed by atoms with E-state index >= 15 is 0 Å². The summed E-state index contributed by atoms with van der Waals surface area (Å²) < 4.78 is 11.1. The number of hydrogen-bond acceptors (Lipinski definition) is 4. The quantitative estimate of drug-likeness (QED) is 0.443. The van der Waals surface area contributed by atoms with E-state index in [4.69, 9.17) is 14.3 Å². The molecule has 4 aromatic rings. The number of aliphatic carboxylic acids is 1. The molecule has 156 valence electrons. The van der Waals surface area contributed by atoms with Gasteiger partial charge in [-0.2, -0.15) is 0 Å². The maximum Gasteiger partial charge on any atom is 0.341 e. The van der Waals surface area contributed by atoms with Crippen LogP contribution in [0.1, 0.15) is 22.3 Å². The van der Waals surface area contributed by atoms with Crippen LogP contribution in [0.5, 0.6) is 5.75 Å². The summed E-state index contributed by atoms with van der Waals surface area (Å²) in [6.45, 7) is 3.22. The molecule has 0 unspecified atom stereocenters. The highest BCUT2D eigenvalue weighted by molar-refractivity contribution is 5.88. The van der Waals surface area contributed by atoms with Crippen molar-refractivity contribution in [2.75, 3.05) is 6.61 Å². The lowest BCUT2D eigenvalue weighted by Crippen LogP contribution is -2.13. The molecule has 0 spiro atoms. The molecule has 0 saturated carbocycles. The summed E-state index contributed by atoms with van der Waals surface area (Å²) in [6, 6.07) is 21.7. The van der Waals surface area contributed by atoms with Gasteiger partial charge >= 0.3 is 11.6 Å². The topological polar surface area (TPSA) is 76.7 Å². The molecule has 0 atom stereocenters. The van der Waals surface area contributed by atoms with Crippen molar-refractivity contribution >= 4 is 16.9 Å². The number of aryl methyl sites for hydroxylation is 2. The predicted octanol–water partition coefficient (Wildman–Crippen LogP) is 5.13. The van der Waals surface area contributed by atoms with Crippen LogP contribution in [0, 0.1) is 13.8 Å². The molecule has 0 fully saturated rings. The Kier molecular flexibility index (Phi) is 5.58. The molecule has 0 radical (unpaired) electrons. The Morgan fingerprint density at radius 3 is 2.32 bits per heavy atom. The van der Waals surface area contributed by atoms with Gasteiger partial charge in [0.1, 0.15) is 11.3 Å². The monoisotopic (exact) mass is 414 g/mol. The first-order chi connectivity index (χ1) is 14.9. The van der Waals surface area contributed by atoms with Gasteiger partial charge in [0, 0.05) is 12.0 Å². The van der Waals surface area contributed by atoms with Crippen molar-refractivity contribution in [1.82, 2.24) is 0 Å². The number of carboxylic acid groups (broad SMARTS) is 1. The SMILES string of the molecule is Cc1cc(OCC(=O)O)c2c(C)c(Cc3ccc(-c4ccccc4)cc3)c(=O)oc2c1. The third-order valence-electron chi connectivity index (χ3n) is 5.28. The number of rotatable bonds is 6. The number of hydrogen-bond donors (Lipinski definition) is 1. The van der Waals surface area contributed by atoms with E-state index < -0.39 is 18.2 Å². The molecule has 3 aromatic carbocycles. The lowest BCUT2D eigenvalue weighted by molar-refractivity contribution is -0.139. The van der Waals surface area contributed by atoms with Crippen LogP contribution < -0.4 is 10.4 Å². The molecular weight excluding hydrogens is 392 g/mol. The van der Waals surface area contributed by atoms with Crippen molar-refractivity contribution in [3.8, 4) is 16.9 Å². The fraction of sp³-hybridized carbons (Fsp3) is 0.154. The Balaban J connectivity index is 1.72. The number of carboxylic acids is 1. The van der Waals surface area contributed by atoms with Crippen LogP contribution in [0.25, 0.3) is 22.1 Å². The summed E-state index contributed by atoms with van der Waals surface area (Å²) in [5.74, 6) is -0.664. The molecule has 4 rings (SSSR count). The Bertz CT molecular complexity index is 1300. The normalized spacial score (nSPS) is 10.9. The number of carbonyl (C=O) groups is 1. The molecule has 0 aliphatic rings. The number of fused-ring (bicyclic) bond motifs is 1. The van der Waals surface area contributed by atoms with Crippen LogP contribution >= 0.6 is 0 Å². The molecule has 0 aliphatic carbocycles. The summed E-state index contributed by atoms with van der Waals surface area (Å²) in [4.78, 5) is 23.7. The summed E-state index contributed by atoms with van der Waals surface area (Å²) in [6.07, 6.45) is 0.408. The molecule has 0 saturated heterocycles. The average Bonchev–Trinajstić information content (AvgIpc) is 2.75. The van der Waals surface area contributed by atoms with Gasteiger partial charge in [0.05, 0.1) is 5.39 Å². The van der Waals surface area contributed by atoms with Gasteiger partial charge in [-0.05, 0) is 53.8 Å². The van der Waals surface area contributed by atoms with E-state index in [0.29, 0.717) is 28.7 Å². The average molecular weight is 414 g/mol. The second-order valence-corrected chi connectivity index (χ2v) is 7.55. The first-order valence-corrected chi connectivity index (χ1v) is 9.98. The summed E-state index contributed by atoms with van der Waals surface area (Å²) in [7, 11) is 0. The van der Waals surface area contributed by atoms with Gasteiger partial charge in [-0.1, -0.05) is 54.6 Å². The predicted molar refractivity (Wildman–Crippen MR) is 120 cm³/mol. The molecule has 1 heterocycles. The molecule has 1 aromatic heterocycles. The fourth-order valence-electron chi connectivity index (χ4n) is 3.74. The minimum absolute atomic E-state index is 0.395. The van der Waals surface area contributed by atoms with E-state index in [1.54, 1.807) is 12.1 Å². The van der Waals surface area contributed by atoms with Crippen molar-refractivity contribution < 1.29 is 19.1 Å². The van der Waals surface area contributed by atoms with Crippen LogP contribution in [-0.2, 0) is 11.2 Å². The highest BCUT2D eigenvalue weighted by Gasteiger charge is 2.17. The van der Waals surface area contributed by atoms with E-state index in [-0.39, 0.29) is 0 Å². The van der Waals surface area contributed by atoms with Gasteiger partial charge in [-0.25, -0.2) is 9.59 Å². The largest absolute Gasteiger partial charge is 0.481 e. The maximum absolute atomic E-state index is 12.7. The summed E-state index contributed by atoms with van der Waals surface area (Å²) in [5, 5.41) is 9.61. The van der Waals surface area contributed by atoms with Gasteiger partial charge in [0.15, 0.2) is 6.61 Å². The third kappa shape index (κ3) is 4.36. The molecule has 1 N–H and O–H groups in total. The van der Waals surface area contributed by atoms with Gasteiger partial charge in [-0.3, -0.25) is 0 Å². The Morgan fingerprint density at radius 1 is 0.968 bits per heavy atom. The van der Waals surface area contributed by atoms with E-state index in [2.05, 4.69) is 12.1 Å². The minimum atomic E-state index is -1.07. The van der Waals surface area contributed by atoms with Crippen LogP contribution in [-0.4, -0.2) is 17.7 Å². The van der Waals surface area contributed by atoms with Crippen LogP contribution in [0.15, 0.2) is 75.9 Å². The van der Waals surface area contributed by atoms with Crippen molar-refractivity contribution in [2.45, 2.75) is 20.3 Å². The molecule has 0 amide bonds. The highest BCUT2D eigenvalue weighted by Crippen LogP contribution is 2.32. The second-order valence-electron chi connectivity index (χ2n) is 7.55. The smallest absolute Gasteiger partial charge is 0.341 e. The zero-order valence-electron chi connectivity index (χ0n) is 17.3. The van der Waals surface area contributed by atoms with Crippen LogP contribution in [0.2, 0.25) is 0 Å². The lowest BCUT2D eigenvalue weighted by Gasteiger charge is -2.13. The van der Waals surface area contributed by atoms with E-state index in [0.717, 1.165) is 27.8 Å². The number of ether oxygens (including phenoxy) is 1. The van der Waals surface area contributed by atoms with E-state index in [1.165, 1.54) is 0 Å². The zero-order chi connectivity index (χ0) is 22.0. The second kappa shape index (κ2) is 8.48. The Labute approximate surface area is 179 Å². The Hall–Kier alpha value is -3.86. The summed E-state index contributed by atoms with van der Waals surface area (Å²) >= 11 is 0. The molecule has 5 heteroatoms. The standard InChI is InChI=1S/C26H22O5/c1-16-12-22(30-15-24(27)28)25-17(2)21(26(29)31-23(25)13-16)14-18-8-10-20(11-9-18)19-6-4-3-5-7-19/h3-13H,14-15H2,1-2H3,(H,27,28). The molecule has 0 aliphatic heterocycles. The first kappa shape index (κ1) is 20.4.